The molecule has 3 rings (SSSR count). The predicted molar refractivity (Wildman–Crippen MR) is 59.0 cm³/mol. The summed E-state index contributed by atoms with van der Waals surface area (Å²) in [6.45, 7) is 1.24. The van der Waals surface area contributed by atoms with Crippen molar-refractivity contribution in [2.75, 3.05) is 6.54 Å². The van der Waals surface area contributed by atoms with E-state index in [0.29, 0.717) is 11.5 Å². The number of halogens is 1. The van der Waals surface area contributed by atoms with Crippen LogP contribution in [0.4, 0.5) is 0 Å². The summed E-state index contributed by atoms with van der Waals surface area (Å²) in [4.78, 5) is 0. The molecular formula is C10H12BrNS. The van der Waals surface area contributed by atoms with Crippen molar-refractivity contribution in [2.45, 2.75) is 25.3 Å². The molecule has 1 aliphatic carbocycles. The Kier molecular flexibility index (Phi) is 1.83. The van der Waals surface area contributed by atoms with Gasteiger partial charge in [0.25, 0.3) is 0 Å². The Labute approximate surface area is 90.7 Å². The Bertz CT molecular complexity index is 324. The highest BCUT2D eigenvalue weighted by atomic mass is 79.9. The zero-order chi connectivity index (χ0) is 8.89. The van der Waals surface area contributed by atoms with Gasteiger partial charge in [-0.3, -0.25) is 0 Å². The van der Waals surface area contributed by atoms with Gasteiger partial charge in [0.05, 0.1) is 0 Å². The predicted octanol–water partition coefficient (Wildman–Crippen LogP) is 3.33. The minimum absolute atomic E-state index is 0.641. The molecule has 0 bridgehead atoms. The normalized spacial score (nSPS) is 29.8. The second-order valence-corrected chi connectivity index (χ2v) is 5.80. The van der Waals surface area contributed by atoms with Gasteiger partial charge in [-0.05, 0) is 39.7 Å². The van der Waals surface area contributed by atoms with Crippen molar-refractivity contribution in [1.82, 2.24) is 5.32 Å². The van der Waals surface area contributed by atoms with Crippen molar-refractivity contribution in [3.8, 4) is 0 Å². The highest BCUT2D eigenvalue weighted by molar-refractivity contribution is 9.10. The summed E-state index contributed by atoms with van der Waals surface area (Å²) in [5.41, 5.74) is 2.12. The van der Waals surface area contributed by atoms with E-state index in [1.54, 1.807) is 11.3 Å². The summed E-state index contributed by atoms with van der Waals surface area (Å²) in [6, 6.07) is 0.641. The average Bonchev–Trinajstić information content (AvgIpc) is 2.31. The van der Waals surface area contributed by atoms with Crippen LogP contribution in [-0.4, -0.2) is 6.54 Å². The van der Waals surface area contributed by atoms with Crippen LogP contribution in [0.15, 0.2) is 15.2 Å². The number of hydrogen-bond acceptors (Lipinski definition) is 2. The minimum atomic E-state index is 0.641. The molecule has 0 radical (unpaired) electrons. The summed E-state index contributed by atoms with van der Waals surface area (Å²) in [7, 11) is 0. The monoisotopic (exact) mass is 257 g/mol. The first kappa shape index (κ1) is 8.45. The van der Waals surface area contributed by atoms with Gasteiger partial charge in [0.1, 0.15) is 0 Å². The van der Waals surface area contributed by atoms with E-state index in [0.717, 1.165) is 0 Å². The minimum Gasteiger partial charge on any atom is -0.309 e. The Morgan fingerprint density at radius 3 is 2.69 bits per heavy atom. The fraction of sp³-hybridized carbons (Fsp3) is 0.600. The zero-order valence-electron chi connectivity index (χ0n) is 7.35. The molecule has 2 fully saturated rings. The van der Waals surface area contributed by atoms with Gasteiger partial charge in [0.15, 0.2) is 0 Å². The maximum atomic E-state index is 3.62. The fourth-order valence-electron chi connectivity index (χ4n) is 2.53. The SMILES string of the molecule is Brc1cscc1C1NCC12CCC2. The Morgan fingerprint density at radius 2 is 2.31 bits per heavy atom. The third kappa shape index (κ3) is 1.07. The molecule has 2 aliphatic rings. The van der Waals surface area contributed by atoms with Crippen LogP contribution in [0.25, 0.3) is 0 Å². The Morgan fingerprint density at radius 1 is 1.46 bits per heavy atom. The molecule has 1 nitrogen and oxygen atoms in total. The molecule has 2 heterocycles. The van der Waals surface area contributed by atoms with E-state index in [-0.39, 0.29) is 0 Å². The molecule has 0 amide bonds. The quantitative estimate of drug-likeness (QED) is 0.814. The van der Waals surface area contributed by atoms with Crippen LogP contribution in [0, 0.1) is 5.41 Å². The summed E-state index contributed by atoms with van der Waals surface area (Å²) in [5.74, 6) is 0. The van der Waals surface area contributed by atoms with E-state index in [4.69, 9.17) is 0 Å². The van der Waals surface area contributed by atoms with Gasteiger partial charge in [0.2, 0.25) is 0 Å². The summed E-state index contributed by atoms with van der Waals surface area (Å²) >= 11 is 5.41. The molecule has 1 saturated carbocycles. The molecular weight excluding hydrogens is 246 g/mol. The van der Waals surface area contributed by atoms with Crippen molar-refractivity contribution < 1.29 is 0 Å². The highest BCUT2D eigenvalue weighted by Crippen LogP contribution is 2.56. The first-order valence-electron chi connectivity index (χ1n) is 4.77. The molecule has 1 saturated heterocycles. The lowest BCUT2D eigenvalue weighted by molar-refractivity contribution is -0.00577. The van der Waals surface area contributed by atoms with Crippen LogP contribution in [-0.2, 0) is 0 Å². The topological polar surface area (TPSA) is 12.0 Å². The lowest BCUT2D eigenvalue weighted by atomic mass is 9.58. The molecule has 1 N–H and O–H groups in total. The number of thiophene rings is 1. The molecule has 1 aliphatic heterocycles. The van der Waals surface area contributed by atoms with E-state index in [9.17, 15) is 0 Å². The van der Waals surface area contributed by atoms with Crippen molar-refractivity contribution in [3.63, 3.8) is 0 Å². The van der Waals surface area contributed by atoms with Crippen LogP contribution in [0.1, 0.15) is 30.9 Å². The van der Waals surface area contributed by atoms with Crippen LogP contribution in [0.3, 0.4) is 0 Å². The summed E-state index contributed by atoms with van der Waals surface area (Å²) in [6.07, 6.45) is 4.28. The van der Waals surface area contributed by atoms with Gasteiger partial charge in [-0.25, -0.2) is 0 Å². The Hall–Kier alpha value is 0.140. The van der Waals surface area contributed by atoms with Gasteiger partial charge < -0.3 is 5.32 Å². The third-order valence-corrected chi connectivity index (χ3v) is 5.32. The van der Waals surface area contributed by atoms with Crippen LogP contribution < -0.4 is 5.32 Å². The number of rotatable bonds is 1. The van der Waals surface area contributed by atoms with Crippen molar-refractivity contribution >= 4 is 27.3 Å². The van der Waals surface area contributed by atoms with E-state index in [1.807, 2.05) is 0 Å². The maximum Gasteiger partial charge on any atom is 0.0409 e. The van der Waals surface area contributed by atoms with Gasteiger partial charge in [-0.1, -0.05) is 6.42 Å². The molecule has 1 atom stereocenters. The van der Waals surface area contributed by atoms with Gasteiger partial charge in [-0.15, -0.1) is 0 Å². The zero-order valence-corrected chi connectivity index (χ0v) is 9.75. The second kappa shape index (κ2) is 2.81. The number of nitrogens with one attached hydrogen (secondary N) is 1. The lowest BCUT2D eigenvalue weighted by Gasteiger charge is -2.56. The van der Waals surface area contributed by atoms with Crippen molar-refractivity contribution in [1.29, 1.82) is 0 Å². The van der Waals surface area contributed by atoms with Crippen LogP contribution >= 0.6 is 27.3 Å². The second-order valence-electron chi connectivity index (χ2n) is 4.20. The van der Waals surface area contributed by atoms with Crippen LogP contribution in [0.5, 0.6) is 0 Å². The fourth-order valence-corrected chi connectivity index (χ4v) is 4.08. The van der Waals surface area contributed by atoms with Gasteiger partial charge in [-0.2, -0.15) is 11.3 Å². The molecule has 13 heavy (non-hydrogen) atoms. The standard InChI is InChI=1S/C10H12BrNS/c11-8-5-13-4-7(8)9-10(6-12-9)2-1-3-10/h4-5,9,12H,1-3,6H2. The van der Waals surface area contributed by atoms with E-state index in [1.165, 1.54) is 35.8 Å². The molecule has 0 aromatic carbocycles. The molecule has 3 heteroatoms. The maximum absolute atomic E-state index is 3.62. The number of hydrogen-bond donors (Lipinski definition) is 1. The molecule has 1 spiro atoms. The lowest BCUT2D eigenvalue weighted by Crippen LogP contribution is -2.59. The van der Waals surface area contributed by atoms with Crippen molar-refractivity contribution in [3.05, 3.63) is 20.8 Å². The van der Waals surface area contributed by atoms with E-state index < -0.39 is 0 Å². The van der Waals surface area contributed by atoms with Gasteiger partial charge in [0, 0.05) is 27.9 Å². The van der Waals surface area contributed by atoms with Gasteiger partial charge >= 0.3 is 0 Å². The van der Waals surface area contributed by atoms with Crippen LogP contribution in [0.2, 0.25) is 0 Å². The first-order valence-corrected chi connectivity index (χ1v) is 6.50. The largest absolute Gasteiger partial charge is 0.309 e. The highest BCUT2D eigenvalue weighted by Gasteiger charge is 2.51. The molecule has 1 unspecified atom stereocenters. The smallest absolute Gasteiger partial charge is 0.0409 e. The summed E-state index contributed by atoms with van der Waals surface area (Å²) < 4.78 is 1.29. The molecule has 1 aromatic rings. The first-order chi connectivity index (χ1) is 6.32. The molecule has 70 valence electrons. The third-order valence-electron chi connectivity index (χ3n) is 3.57. The Balaban J connectivity index is 1.90. The van der Waals surface area contributed by atoms with E-state index >= 15 is 0 Å². The summed E-state index contributed by atoms with van der Waals surface area (Å²) in [5, 5.41) is 8.02. The van der Waals surface area contributed by atoms with Crippen molar-refractivity contribution in [2.24, 2.45) is 5.41 Å². The molecule has 1 aromatic heterocycles. The average molecular weight is 258 g/mol. The van der Waals surface area contributed by atoms with E-state index in [2.05, 4.69) is 32.0 Å².